The maximum absolute atomic E-state index is 13.5. The van der Waals surface area contributed by atoms with E-state index in [2.05, 4.69) is 12.2 Å². The van der Waals surface area contributed by atoms with E-state index in [1.807, 2.05) is 6.92 Å². The van der Waals surface area contributed by atoms with Gasteiger partial charge in [0.25, 0.3) is 0 Å². The maximum Gasteiger partial charge on any atom is 0.128 e. The molecule has 3 unspecified atom stereocenters. The largest absolute Gasteiger partial charge is 0.307 e. The molecule has 1 aliphatic carbocycles. The molecule has 0 heterocycles. The molecule has 88 valence electrons. The lowest BCUT2D eigenvalue weighted by Crippen LogP contribution is -2.23. The molecule has 0 amide bonds. The van der Waals surface area contributed by atoms with E-state index in [4.69, 9.17) is 0 Å². The monoisotopic (exact) mass is 225 g/mol. The normalized spacial score (nSPS) is 25.5. The van der Waals surface area contributed by atoms with Crippen LogP contribution in [0.4, 0.5) is 8.78 Å². The second kappa shape index (κ2) is 4.50. The van der Waals surface area contributed by atoms with Crippen LogP contribution in [0.2, 0.25) is 0 Å². The van der Waals surface area contributed by atoms with Crippen molar-refractivity contribution in [1.29, 1.82) is 0 Å². The van der Waals surface area contributed by atoms with Crippen molar-refractivity contribution in [3.8, 4) is 0 Å². The first kappa shape index (κ1) is 11.5. The molecular weight excluding hydrogens is 208 g/mol. The van der Waals surface area contributed by atoms with E-state index >= 15 is 0 Å². The van der Waals surface area contributed by atoms with Crippen LogP contribution in [0.1, 0.15) is 38.3 Å². The summed E-state index contributed by atoms with van der Waals surface area (Å²) in [4.78, 5) is 0. The third-order valence-corrected chi connectivity index (χ3v) is 3.34. The molecule has 1 aromatic rings. The summed E-state index contributed by atoms with van der Waals surface area (Å²) in [6.07, 6.45) is 2.30. The fourth-order valence-corrected chi connectivity index (χ4v) is 2.16. The van der Waals surface area contributed by atoms with E-state index < -0.39 is 0 Å². The van der Waals surface area contributed by atoms with Gasteiger partial charge in [0.15, 0.2) is 0 Å². The molecule has 0 bridgehead atoms. The summed E-state index contributed by atoms with van der Waals surface area (Å²) >= 11 is 0. The Kier molecular flexibility index (Phi) is 3.24. The summed E-state index contributed by atoms with van der Waals surface area (Å²) in [7, 11) is 0. The molecule has 0 aliphatic heterocycles. The van der Waals surface area contributed by atoms with Crippen molar-refractivity contribution in [2.75, 3.05) is 0 Å². The molecule has 0 radical (unpaired) electrons. The number of rotatable bonds is 4. The van der Waals surface area contributed by atoms with Crippen LogP contribution in [-0.2, 0) is 0 Å². The van der Waals surface area contributed by atoms with Crippen molar-refractivity contribution in [3.05, 3.63) is 35.4 Å². The van der Waals surface area contributed by atoms with Crippen LogP contribution in [0.15, 0.2) is 18.2 Å². The van der Waals surface area contributed by atoms with E-state index in [-0.39, 0.29) is 17.7 Å². The molecule has 0 spiro atoms. The lowest BCUT2D eigenvalue weighted by Gasteiger charge is -2.15. The minimum Gasteiger partial charge on any atom is -0.307 e. The summed E-state index contributed by atoms with van der Waals surface area (Å²) in [5, 5.41) is 3.33. The molecule has 0 aromatic heterocycles. The smallest absolute Gasteiger partial charge is 0.128 e. The predicted molar refractivity (Wildman–Crippen MR) is 60.1 cm³/mol. The standard InChI is InChI=1S/C13H17F2N/c1-3-9-6-13(9)16-8(2)11-7-10(14)4-5-12(11)15/h4-5,7-9,13,16H,3,6H2,1-2H3. The Morgan fingerprint density at radius 3 is 2.81 bits per heavy atom. The van der Waals surface area contributed by atoms with Crippen molar-refractivity contribution in [1.82, 2.24) is 5.32 Å². The highest BCUT2D eigenvalue weighted by Gasteiger charge is 2.36. The van der Waals surface area contributed by atoms with Gasteiger partial charge in [-0.05, 0) is 37.5 Å². The van der Waals surface area contributed by atoms with Gasteiger partial charge in [0.1, 0.15) is 11.6 Å². The summed E-state index contributed by atoms with van der Waals surface area (Å²) in [6.45, 7) is 4.03. The molecule has 1 nitrogen and oxygen atoms in total. The van der Waals surface area contributed by atoms with Gasteiger partial charge in [-0.25, -0.2) is 8.78 Å². The van der Waals surface area contributed by atoms with Gasteiger partial charge in [0, 0.05) is 17.6 Å². The van der Waals surface area contributed by atoms with Crippen LogP contribution in [0.25, 0.3) is 0 Å². The lowest BCUT2D eigenvalue weighted by atomic mass is 10.1. The summed E-state index contributed by atoms with van der Waals surface area (Å²) in [5.74, 6) is -0.0120. The Hall–Kier alpha value is -0.960. The molecule has 1 saturated carbocycles. The maximum atomic E-state index is 13.5. The molecule has 3 heteroatoms. The van der Waals surface area contributed by atoms with Gasteiger partial charge < -0.3 is 5.32 Å². The minimum absolute atomic E-state index is 0.128. The summed E-state index contributed by atoms with van der Waals surface area (Å²) in [6, 6.07) is 3.96. The molecule has 2 rings (SSSR count). The number of nitrogens with one attached hydrogen (secondary N) is 1. The molecule has 16 heavy (non-hydrogen) atoms. The summed E-state index contributed by atoms with van der Waals surface area (Å²) in [5.41, 5.74) is 0.418. The second-order valence-electron chi connectivity index (χ2n) is 4.56. The van der Waals surface area contributed by atoms with Crippen molar-refractivity contribution in [2.24, 2.45) is 5.92 Å². The molecular formula is C13H17F2N. The zero-order valence-electron chi connectivity index (χ0n) is 9.63. The second-order valence-corrected chi connectivity index (χ2v) is 4.56. The minimum atomic E-state index is -0.382. The summed E-state index contributed by atoms with van der Waals surface area (Å²) < 4.78 is 26.5. The van der Waals surface area contributed by atoms with Crippen LogP contribution in [0.5, 0.6) is 0 Å². The highest BCUT2D eigenvalue weighted by molar-refractivity contribution is 5.22. The van der Waals surface area contributed by atoms with Gasteiger partial charge in [-0.3, -0.25) is 0 Å². The molecule has 1 fully saturated rings. The van der Waals surface area contributed by atoms with Gasteiger partial charge >= 0.3 is 0 Å². The van der Waals surface area contributed by atoms with Gasteiger partial charge in [-0.15, -0.1) is 0 Å². The Balaban J connectivity index is 2.03. The lowest BCUT2D eigenvalue weighted by molar-refractivity contribution is 0.501. The van der Waals surface area contributed by atoms with Crippen LogP contribution in [0.3, 0.4) is 0 Å². The quantitative estimate of drug-likeness (QED) is 0.828. The Bertz CT molecular complexity index is 378. The predicted octanol–water partition coefficient (Wildman–Crippen LogP) is 3.41. The van der Waals surface area contributed by atoms with E-state index in [9.17, 15) is 8.78 Å². The molecule has 0 saturated heterocycles. The van der Waals surface area contributed by atoms with Gasteiger partial charge in [-0.1, -0.05) is 13.3 Å². The molecule has 1 aliphatic rings. The number of halogens is 2. The Labute approximate surface area is 94.9 Å². The van der Waals surface area contributed by atoms with E-state index in [0.717, 1.165) is 18.9 Å². The van der Waals surface area contributed by atoms with Crippen LogP contribution >= 0.6 is 0 Å². The van der Waals surface area contributed by atoms with Crippen LogP contribution < -0.4 is 5.32 Å². The zero-order valence-corrected chi connectivity index (χ0v) is 9.63. The first-order valence-corrected chi connectivity index (χ1v) is 5.82. The first-order chi connectivity index (χ1) is 7.61. The Morgan fingerprint density at radius 1 is 1.44 bits per heavy atom. The number of hydrogen-bond donors (Lipinski definition) is 1. The third-order valence-electron chi connectivity index (χ3n) is 3.34. The van der Waals surface area contributed by atoms with Crippen LogP contribution in [0, 0.1) is 17.6 Å². The first-order valence-electron chi connectivity index (χ1n) is 5.82. The third kappa shape index (κ3) is 2.40. The van der Waals surface area contributed by atoms with Gasteiger partial charge in [0.2, 0.25) is 0 Å². The number of benzene rings is 1. The Morgan fingerprint density at radius 2 is 2.19 bits per heavy atom. The van der Waals surface area contributed by atoms with Crippen molar-refractivity contribution in [3.63, 3.8) is 0 Å². The molecule has 3 atom stereocenters. The van der Waals surface area contributed by atoms with E-state index in [1.54, 1.807) is 0 Å². The highest BCUT2D eigenvalue weighted by atomic mass is 19.1. The fraction of sp³-hybridized carbons (Fsp3) is 0.538. The highest BCUT2D eigenvalue weighted by Crippen LogP contribution is 2.35. The SMILES string of the molecule is CCC1CC1NC(C)c1cc(F)ccc1F. The van der Waals surface area contributed by atoms with Crippen LogP contribution in [-0.4, -0.2) is 6.04 Å². The van der Waals surface area contributed by atoms with Crippen molar-refractivity contribution < 1.29 is 8.78 Å². The molecule has 1 N–H and O–H groups in total. The topological polar surface area (TPSA) is 12.0 Å². The fourth-order valence-electron chi connectivity index (χ4n) is 2.16. The number of hydrogen-bond acceptors (Lipinski definition) is 1. The zero-order chi connectivity index (χ0) is 11.7. The van der Waals surface area contributed by atoms with Gasteiger partial charge in [-0.2, -0.15) is 0 Å². The average Bonchev–Trinajstić information content (AvgIpc) is 3.00. The van der Waals surface area contributed by atoms with Crippen molar-refractivity contribution in [2.45, 2.75) is 38.8 Å². The average molecular weight is 225 g/mol. The van der Waals surface area contributed by atoms with E-state index in [1.165, 1.54) is 12.1 Å². The van der Waals surface area contributed by atoms with E-state index in [0.29, 0.717) is 17.5 Å². The van der Waals surface area contributed by atoms with Gasteiger partial charge in [0.05, 0.1) is 0 Å². The molecule has 1 aromatic carbocycles. The van der Waals surface area contributed by atoms with Crippen molar-refractivity contribution >= 4 is 0 Å².